The highest BCUT2D eigenvalue weighted by molar-refractivity contribution is 7.89. The highest BCUT2D eigenvalue weighted by Gasteiger charge is 2.29. The number of benzene rings is 2. The summed E-state index contributed by atoms with van der Waals surface area (Å²) in [6.07, 6.45) is 0. The zero-order chi connectivity index (χ0) is 24.5. The minimum Gasteiger partial charge on any atom is -0.335 e. The molecule has 3 amide bonds. The second kappa shape index (κ2) is 9.36. The molecule has 0 aliphatic carbocycles. The van der Waals surface area contributed by atoms with Gasteiger partial charge in [0.1, 0.15) is 4.88 Å². The summed E-state index contributed by atoms with van der Waals surface area (Å²) < 4.78 is 26.2. The summed E-state index contributed by atoms with van der Waals surface area (Å²) in [6, 6.07) is 14.8. The molecule has 2 aromatic carbocycles. The molecule has 0 radical (unpaired) electrons. The van der Waals surface area contributed by atoms with Crippen molar-refractivity contribution in [2.75, 3.05) is 36.0 Å². The number of rotatable bonds is 3. The van der Waals surface area contributed by atoms with Gasteiger partial charge in [0.2, 0.25) is 10.0 Å². The molecule has 1 fully saturated rings. The van der Waals surface area contributed by atoms with Crippen molar-refractivity contribution < 1.29 is 18.0 Å². The Morgan fingerprint density at radius 2 is 1.71 bits per heavy atom. The number of anilines is 2. The largest absolute Gasteiger partial charge is 0.335 e. The predicted octanol–water partition coefficient (Wildman–Crippen LogP) is 4.22. The molecule has 4 rings (SSSR count). The van der Waals surface area contributed by atoms with Gasteiger partial charge in [0.05, 0.1) is 17.1 Å². The van der Waals surface area contributed by atoms with Gasteiger partial charge < -0.3 is 15.5 Å². The summed E-state index contributed by atoms with van der Waals surface area (Å²) in [4.78, 5) is 29.2. The van der Waals surface area contributed by atoms with Crippen LogP contribution in [0.1, 0.15) is 35.3 Å². The first-order valence-electron chi connectivity index (χ1n) is 11.0. The van der Waals surface area contributed by atoms with Crippen LogP contribution in [0.4, 0.5) is 16.2 Å². The van der Waals surface area contributed by atoms with Crippen molar-refractivity contribution in [1.82, 2.24) is 9.62 Å². The number of sulfonamides is 1. The van der Waals surface area contributed by atoms with E-state index in [0.717, 1.165) is 15.6 Å². The minimum atomic E-state index is -3.39. The Balaban J connectivity index is 1.60. The van der Waals surface area contributed by atoms with E-state index in [1.54, 1.807) is 0 Å². The third kappa shape index (κ3) is 5.40. The molecule has 3 N–H and O–H groups in total. The summed E-state index contributed by atoms with van der Waals surface area (Å²) in [6.45, 7) is 6.64. The quantitative estimate of drug-likeness (QED) is 0.500. The molecule has 180 valence electrons. The number of urea groups is 1. The first-order valence-corrected chi connectivity index (χ1v) is 13.5. The molecular weight excluding hydrogens is 472 g/mol. The van der Waals surface area contributed by atoms with Crippen LogP contribution >= 0.6 is 11.3 Å². The Bertz CT molecular complexity index is 1340. The summed E-state index contributed by atoms with van der Waals surface area (Å²) in [5.41, 5.74) is 0.853. The van der Waals surface area contributed by atoms with E-state index in [4.69, 9.17) is 0 Å². The fourth-order valence-electron chi connectivity index (χ4n) is 3.72. The maximum absolute atomic E-state index is 13.4. The zero-order valence-corrected chi connectivity index (χ0v) is 21.0. The van der Waals surface area contributed by atoms with Crippen molar-refractivity contribution in [3.05, 3.63) is 58.3 Å². The van der Waals surface area contributed by atoms with E-state index in [-0.39, 0.29) is 36.7 Å². The van der Waals surface area contributed by atoms with E-state index >= 15 is 0 Å². The van der Waals surface area contributed by atoms with Crippen molar-refractivity contribution in [1.29, 1.82) is 0 Å². The lowest BCUT2D eigenvalue weighted by atomic mass is 9.94. The van der Waals surface area contributed by atoms with Crippen LogP contribution in [0.5, 0.6) is 0 Å². The summed E-state index contributed by atoms with van der Waals surface area (Å²) in [5.74, 6) is -0.444. The van der Waals surface area contributed by atoms with Gasteiger partial charge in [0.25, 0.3) is 5.91 Å². The fourth-order valence-corrected chi connectivity index (χ4v) is 5.87. The molecule has 0 atom stereocenters. The number of carbonyl (C=O) groups is 2. The molecule has 2 heterocycles. The molecule has 1 aromatic heterocycles. The molecule has 10 heteroatoms. The van der Waals surface area contributed by atoms with E-state index < -0.39 is 16.1 Å². The van der Waals surface area contributed by atoms with Crippen LogP contribution < -0.4 is 15.4 Å². The number of thiophene rings is 1. The Labute approximate surface area is 203 Å². The van der Waals surface area contributed by atoms with E-state index in [1.165, 1.54) is 16.2 Å². The van der Waals surface area contributed by atoms with Gasteiger partial charge in [-0.3, -0.25) is 4.79 Å². The topological polar surface area (TPSA) is 108 Å². The molecule has 34 heavy (non-hydrogen) atoms. The van der Waals surface area contributed by atoms with Gasteiger partial charge in [-0.1, -0.05) is 57.2 Å². The third-order valence-corrected chi connectivity index (χ3v) is 8.49. The van der Waals surface area contributed by atoms with E-state index in [9.17, 15) is 18.0 Å². The van der Waals surface area contributed by atoms with Crippen LogP contribution in [0.2, 0.25) is 0 Å². The Hall–Kier alpha value is -2.95. The average molecular weight is 501 g/mol. The Morgan fingerprint density at radius 1 is 1.00 bits per heavy atom. The normalized spacial score (nSPS) is 16.1. The van der Waals surface area contributed by atoms with Crippen LogP contribution in [0.15, 0.2) is 48.5 Å². The zero-order valence-electron chi connectivity index (χ0n) is 19.3. The number of amides is 3. The van der Waals surface area contributed by atoms with Crippen LogP contribution in [0, 0.1) is 0 Å². The highest BCUT2D eigenvalue weighted by atomic mass is 32.2. The molecule has 0 spiro atoms. The number of nitrogens with zero attached hydrogens (tertiary/aromatic N) is 1. The van der Waals surface area contributed by atoms with Gasteiger partial charge in [-0.15, -0.1) is 11.3 Å². The van der Waals surface area contributed by atoms with Gasteiger partial charge in [0, 0.05) is 29.9 Å². The first kappa shape index (κ1) is 24.2. The van der Waals surface area contributed by atoms with Gasteiger partial charge in [-0.25, -0.2) is 17.9 Å². The number of fused-ring (bicyclic) bond motifs is 1. The molecule has 1 saturated heterocycles. The lowest BCUT2D eigenvalue weighted by molar-refractivity contribution is 0.0777. The van der Waals surface area contributed by atoms with Crippen LogP contribution in [-0.4, -0.2) is 50.6 Å². The molecule has 0 unspecified atom stereocenters. The number of hydrogen-bond acceptors (Lipinski definition) is 5. The van der Waals surface area contributed by atoms with Crippen molar-refractivity contribution in [3.63, 3.8) is 0 Å². The van der Waals surface area contributed by atoms with Gasteiger partial charge >= 0.3 is 6.03 Å². The van der Waals surface area contributed by atoms with E-state index in [2.05, 4.69) is 15.4 Å². The van der Waals surface area contributed by atoms with Crippen molar-refractivity contribution in [2.45, 2.75) is 26.2 Å². The highest BCUT2D eigenvalue weighted by Crippen LogP contribution is 2.36. The summed E-state index contributed by atoms with van der Waals surface area (Å²) >= 11 is 1.32. The van der Waals surface area contributed by atoms with Crippen molar-refractivity contribution >= 4 is 55.4 Å². The standard InChI is InChI=1S/C24H28N4O4S2/c1-24(2,3)20-15-19(21(33-20)22(29)28-12-11-25-34(31,32)14-13-28)27-23(30)26-18-10-6-8-16-7-4-5-9-17(16)18/h4-10,15,25H,11-14H2,1-3H3,(H2,26,27,30). The molecule has 1 aliphatic heterocycles. The second-order valence-corrected chi connectivity index (χ2v) is 12.2. The monoisotopic (exact) mass is 500 g/mol. The number of hydrogen-bond donors (Lipinski definition) is 3. The summed E-state index contributed by atoms with van der Waals surface area (Å²) in [5, 5.41) is 7.65. The van der Waals surface area contributed by atoms with Crippen LogP contribution in [0.25, 0.3) is 10.8 Å². The van der Waals surface area contributed by atoms with Gasteiger partial charge in [-0.2, -0.15) is 0 Å². The maximum Gasteiger partial charge on any atom is 0.323 e. The molecule has 0 saturated carbocycles. The summed E-state index contributed by atoms with van der Waals surface area (Å²) in [7, 11) is -3.39. The van der Waals surface area contributed by atoms with Crippen molar-refractivity contribution in [3.8, 4) is 0 Å². The third-order valence-electron chi connectivity index (χ3n) is 5.57. The van der Waals surface area contributed by atoms with Gasteiger partial charge in [0.15, 0.2) is 0 Å². The minimum absolute atomic E-state index is 0.0958. The molecular formula is C24H28N4O4S2. The number of nitrogens with one attached hydrogen (secondary N) is 3. The van der Waals surface area contributed by atoms with E-state index in [1.807, 2.05) is 69.3 Å². The Kier molecular flexibility index (Phi) is 6.66. The van der Waals surface area contributed by atoms with Gasteiger partial charge in [-0.05, 0) is 22.9 Å². The molecule has 8 nitrogen and oxygen atoms in total. The molecule has 0 bridgehead atoms. The average Bonchev–Trinajstić information content (AvgIpc) is 3.11. The fraction of sp³-hybridized carbons (Fsp3) is 0.333. The Morgan fingerprint density at radius 3 is 2.47 bits per heavy atom. The lowest BCUT2D eigenvalue weighted by Crippen LogP contribution is -2.35. The molecule has 1 aliphatic rings. The van der Waals surface area contributed by atoms with Crippen LogP contribution in [-0.2, 0) is 15.4 Å². The smallest absolute Gasteiger partial charge is 0.323 e. The number of carbonyl (C=O) groups excluding carboxylic acids is 2. The van der Waals surface area contributed by atoms with E-state index in [0.29, 0.717) is 16.3 Å². The lowest BCUT2D eigenvalue weighted by Gasteiger charge is -2.19. The SMILES string of the molecule is CC(C)(C)c1cc(NC(=O)Nc2cccc3ccccc23)c(C(=O)N2CCNS(=O)(=O)CC2)s1. The molecule has 3 aromatic rings. The maximum atomic E-state index is 13.4. The predicted molar refractivity (Wildman–Crippen MR) is 137 cm³/mol. The second-order valence-electron chi connectivity index (χ2n) is 9.21. The first-order chi connectivity index (χ1) is 16.0. The van der Waals surface area contributed by atoms with Crippen molar-refractivity contribution in [2.24, 2.45) is 0 Å². The van der Waals surface area contributed by atoms with Crippen LogP contribution in [0.3, 0.4) is 0 Å².